The van der Waals surface area contributed by atoms with Crippen molar-refractivity contribution in [3.8, 4) is 0 Å². The minimum Gasteiger partial charge on any atom is -0.478 e. The van der Waals surface area contributed by atoms with E-state index in [0.29, 0.717) is 32.4 Å². The Morgan fingerprint density at radius 3 is 2.83 bits per heavy atom. The fourth-order valence-electron chi connectivity index (χ4n) is 2.07. The molecule has 1 fully saturated rings. The van der Waals surface area contributed by atoms with Gasteiger partial charge < -0.3 is 19.5 Å². The fourth-order valence-corrected chi connectivity index (χ4v) is 2.07. The van der Waals surface area contributed by atoms with E-state index >= 15 is 0 Å². The van der Waals surface area contributed by atoms with Crippen molar-refractivity contribution in [2.75, 3.05) is 13.1 Å². The number of carbonyl (C=O) groups is 2. The van der Waals surface area contributed by atoms with Crippen molar-refractivity contribution in [2.24, 2.45) is 0 Å². The second kappa shape index (κ2) is 5.22. The summed E-state index contributed by atoms with van der Waals surface area (Å²) in [6.45, 7) is 0.926. The number of furan rings is 1. The maximum atomic E-state index is 12.1. The summed E-state index contributed by atoms with van der Waals surface area (Å²) in [6, 6.07) is 1.27. The number of nitrogens with zero attached hydrogens (tertiary/aromatic N) is 1. The number of aliphatic hydroxyl groups excluding tert-OH is 1. The molecule has 1 unspecified atom stereocenters. The number of carbonyl (C=O) groups excluding carboxylic acids is 1. The lowest BCUT2D eigenvalue weighted by Gasteiger charge is -2.19. The van der Waals surface area contributed by atoms with Gasteiger partial charge in [0.25, 0.3) is 5.91 Å². The van der Waals surface area contributed by atoms with Crippen LogP contribution in [0.2, 0.25) is 0 Å². The lowest BCUT2D eigenvalue weighted by molar-refractivity contribution is 0.0659. The van der Waals surface area contributed by atoms with Crippen LogP contribution in [0, 0.1) is 0 Å². The second-order valence-electron chi connectivity index (χ2n) is 4.35. The van der Waals surface area contributed by atoms with Crippen molar-refractivity contribution in [3.63, 3.8) is 0 Å². The van der Waals surface area contributed by atoms with Crippen LogP contribution >= 0.6 is 0 Å². The zero-order valence-electron chi connectivity index (χ0n) is 9.83. The molecule has 0 aliphatic carbocycles. The summed E-state index contributed by atoms with van der Waals surface area (Å²) < 4.78 is 4.97. The van der Waals surface area contributed by atoms with Gasteiger partial charge in [-0.1, -0.05) is 0 Å². The van der Waals surface area contributed by atoms with Crippen LogP contribution in [0.15, 0.2) is 16.7 Å². The van der Waals surface area contributed by atoms with Gasteiger partial charge in [-0.2, -0.15) is 0 Å². The Morgan fingerprint density at radius 2 is 2.11 bits per heavy atom. The minimum absolute atomic E-state index is 0.121. The van der Waals surface area contributed by atoms with Crippen molar-refractivity contribution in [1.29, 1.82) is 0 Å². The highest BCUT2D eigenvalue weighted by atomic mass is 16.4. The summed E-state index contributed by atoms with van der Waals surface area (Å²) in [6.07, 6.45) is 2.68. The van der Waals surface area contributed by atoms with Crippen LogP contribution in [-0.2, 0) is 0 Å². The second-order valence-corrected chi connectivity index (χ2v) is 4.35. The zero-order chi connectivity index (χ0) is 13.1. The van der Waals surface area contributed by atoms with Crippen LogP contribution in [-0.4, -0.2) is 46.2 Å². The highest BCUT2D eigenvalue weighted by Gasteiger charge is 2.26. The number of carboxylic acids is 1. The Kier molecular flexibility index (Phi) is 3.66. The lowest BCUT2D eigenvalue weighted by atomic mass is 10.2. The third kappa shape index (κ3) is 2.53. The first kappa shape index (κ1) is 12.6. The van der Waals surface area contributed by atoms with Gasteiger partial charge in [-0.3, -0.25) is 4.79 Å². The van der Waals surface area contributed by atoms with E-state index in [1.165, 1.54) is 17.2 Å². The number of likely N-dealkylation sites (tertiary alicyclic amines) is 1. The van der Waals surface area contributed by atoms with E-state index in [4.69, 9.17) is 9.52 Å². The molecule has 1 aromatic rings. The number of rotatable bonds is 2. The molecular formula is C12H15NO5. The fraction of sp³-hybridized carbons (Fsp3) is 0.500. The zero-order valence-corrected chi connectivity index (χ0v) is 9.83. The molecule has 1 amide bonds. The van der Waals surface area contributed by atoms with E-state index < -0.39 is 18.0 Å². The molecule has 0 radical (unpaired) electrons. The van der Waals surface area contributed by atoms with Gasteiger partial charge in [0.2, 0.25) is 5.76 Å². The largest absolute Gasteiger partial charge is 0.478 e. The third-order valence-corrected chi connectivity index (χ3v) is 3.07. The molecule has 18 heavy (non-hydrogen) atoms. The monoisotopic (exact) mass is 253 g/mol. The van der Waals surface area contributed by atoms with E-state index in [9.17, 15) is 14.7 Å². The molecule has 0 bridgehead atoms. The summed E-state index contributed by atoms with van der Waals surface area (Å²) in [7, 11) is 0. The first-order valence-corrected chi connectivity index (χ1v) is 5.87. The van der Waals surface area contributed by atoms with Gasteiger partial charge in [-0.15, -0.1) is 0 Å². The Bertz CT molecular complexity index is 453. The molecule has 1 aliphatic rings. The van der Waals surface area contributed by atoms with E-state index in [1.807, 2.05) is 0 Å². The van der Waals surface area contributed by atoms with Gasteiger partial charge in [-0.05, 0) is 25.3 Å². The molecule has 1 aliphatic heterocycles. The molecule has 2 rings (SSSR count). The molecule has 0 spiro atoms. The maximum absolute atomic E-state index is 12.1. The van der Waals surface area contributed by atoms with Crippen molar-refractivity contribution in [1.82, 2.24) is 4.90 Å². The van der Waals surface area contributed by atoms with E-state index in [0.717, 1.165) is 0 Å². The van der Waals surface area contributed by atoms with Gasteiger partial charge in [0, 0.05) is 13.1 Å². The SMILES string of the molecule is O=C(O)c1ccoc1C(=O)N1CCCC(O)CC1. The Hall–Kier alpha value is -1.82. The molecule has 1 atom stereocenters. The summed E-state index contributed by atoms with van der Waals surface area (Å²) >= 11 is 0. The molecule has 0 saturated carbocycles. The van der Waals surface area contributed by atoms with Gasteiger partial charge >= 0.3 is 5.97 Å². The number of amides is 1. The Morgan fingerprint density at radius 1 is 1.33 bits per heavy atom. The quantitative estimate of drug-likeness (QED) is 0.819. The predicted molar refractivity (Wildman–Crippen MR) is 61.4 cm³/mol. The molecule has 1 aromatic heterocycles. The normalized spacial score (nSPS) is 20.5. The molecular weight excluding hydrogens is 238 g/mol. The maximum Gasteiger partial charge on any atom is 0.339 e. The number of hydrogen-bond acceptors (Lipinski definition) is 4. The highest BCUT2D eigenvalue weighted by Crippen LogP contribution is 2.17. The average Bonchev–Trinajstić information content (AvgIpc) is 2.72. The van der Waals surface area contributed by atoms with Crippen LogP contribution < -0.4 is 0 Å². The van der Waals surface area contributed by atoms with Gasteiger partial charge in [0.1, 0.15) is 5.56 Å². The molecule has 2 heterocycles. The molecule has 0 aromatic carbocycles. The van der Waals surface area contributed by atoms with Crippen molar-refractivity contribution in [3.05, 3.63) is 23.7 Å². The molecule has 1 saturated heterocycles. The van der Waals surface area contributed by atoms with Crippen LogP contribution in [0.3, 0.4) is 0 Å². The number of aliphatic hydroxyl groups is 1. The van der Waals surface area contributed by atoms with Crippen molar-refractivity contribution < 1.29 is 24.2 Å². The summed E-state index contributed by atoms with van der Waals surface area (Å²) in [4.78, 5) is 24.6. The van der Waals surface area contributed by atoms with E-state index in [1.54, 1.807) is 0 Å². The summed E-state index contributed by atoms with van der Waals surface area (Å²) in [5, 5.41) is 18.4. The van der Waals surface area contributed by atoms with E-state index in [-0.39, 0.29) is 11.3 Å². The third-order valence-electron chi connectivity index (χ3n) is 3.07. The van der Waals surface area contributed by atoms with Gasteiger partial charge in [0.15, 0.2) is 0 Å². The molecule has 6 nitrogen and oxygen atoms in total. The molecule has 6 heteroatoms. The van der Waals surface area contributed by atoms with Gasteiger partial charge in [-0.25, -0.2) is 4.79 Å². The first-order valence-electron chi connectivity index (χ1n) is 5.87. The number of hydrogen-bond donors (Lipinski definition) is 2. The first-order chi connectivity index (χ1) is 8.59. The molecule has 2 N–H and O–H groups in total. The van der Waals surface area contributed by atoms with Crippen LogP contribution in [0.25, 0.3) is 0 Å². The van der Waals surface area contributed by atoms with E-state index in [2.05, 4.69) is 0 Å². The predicted octanol–water partition coefficient (Wildman–Crippen LogP) is 0.965. The van der Waals surface area contributed by atoms with Crippen molar-refractivity contribution >= 4 is 11.9 Å². The van der Waals surface area contributed by atoms with Crippen molar-refractivity contribution in [2.45, 2.75) is 25.4 Å². The Labute approximate surface area is 104 Å². The average molecular weight is 253 g/mol. The van der Waals surface area contributed by atoms with Crippen LogP contribution in [0.1, 0.15) is 40.2 Å². The Balaban J connectivity index is 2.15. The number of aromatic carboxylic acids is 1. The highest BCUT2D eigenvalue weighted by molar-refractivity contribution is 6.02. The molecule has 98 valence electrons. The van der Waals surface area contributed by atoms with Crippen LogP contribution in [0.5, 0.6) is 0 Å². The standard InChI is InChI=1S/C12H15NO5/c14-8-2-1-5-13(6-3-8)11(15)10-9(12(16)17)4-7-18-10/h4,7-8,14H,1-3,5-6H2,(H,16,17). The summed E-state index contributed by atoms with van der Waals surface area (Å²) in [5.41, 5.74) is -0.121. The van der Waals surface area contributed by atoms with Gasteiger partial charge in [0.05, 0.1) is 12.4 Å². The smallest absolute Gasteiger partial charge is 0.339 e. The summed E-state index contributed by atoms with van der Waals surface area (Å²) in [5.74, 6) is -1.74. The lowest BCUT2D eigenvalue weighted by Crippen LogP contribution is -2.32. The number of carboxylic acid groups (broad SMARTS) is 1. The minimum atomic E-state index is -1.18. The van der Waals surface area contributed by atoms with Crippen LogP contribution in [0.4, 0.5) is 0 Å². The topological polar surface area (TPSA) is 91.0 Å².